The van der Waals surface area contributed by atoms with Crippen LogP contribution < -0.4 is 4.90 Å². The monoisotopic (exact) mass is 401 g/mol. The second-order valence-corrected chi connectivity index (χ2v) is 8.99. The van der Waals surface area contributed by atoms with Crippen LogP contribution in [0.25, 0.3) is 0 Å². The van der Waals surface area contributed by atoms with Gasteiger partial charge in [0, 0.05) is 12.2 Å². The standard InChI is InChI=1S/C18H31NO.C3H8O3S/c1-5-8-15(9-6-2)16-10-7-11-17(14-16)18(20)12-13-19(3)4;1-2-3-7(4,5)6/h7,10-11,14-15,18,20H,5-6,8-9,12-13H2,1-4H3;2-3H2,1H3,(H,4,5,6). The highest BCUT2D eigenvalue weighted by Gasteiger charge is 2.14. The molecule has 0 aliphatic carbocycles. The van der Waals surface area contributed by atoms with Crippen molar-refractivity contribution in [2.45, 2.75) is 71.3 Å². The number of hydrogen-bond acceptors (Lipinski definition) is 4. The molecular formula is C21H39NO4S. The third-order valence-electron chi connectivity index (χ3n) is 4.41. The highest BCUT2D eigenvalue weighted by molar-refractivity contribution is 7.85. The van der Waals surface area contributed by atoms with E-state index >= 15 is 0 Å². The lowest BCUT2D eigenvalue weighted by Gasteiger charge is -2.19. The Hall–Kier alpha value is -0.950. The number of hydrogen-bond donors (Lipinski definition) is 2. The number of nitrogens with one attached hydrogen (secondary N) is 1. The van der Waals surface area contributed by atoms with Crippen LogP contribution in [0.3, 0.4) is 0 Å². The molecule has 1 atom stereocenters. The Morgan fingerprint density at radius 1 is 1.00 bits per heavy atom. The van der Waals surface area contributed by atoms with Crippen LogP contribution in [0.2, 0.25) is 0 Å². The van der Waals surface area contributed by atoms with E-state index in [1.165, 1.54) is 36.1 Å². The Morgan fingerprint density at radius 2 is 1.56 bits per heavy atom. The van der Waals surface area contributed by atoms with Gasteiger partial charge in [-0.15, -0.1) is 0 Å². The van der Waals surface area contributed by atoms with Crippen molar-refractivity contribution in [1.82, 2.24) is 0 Å². The molecule has 1 aromatic rings. The lowest BCUT2D eigenvalue weighted by atomic mass is 9.88. The number of aliphatic hydroxyl groups excluding tert-OH is 1. The quantitative estimate of drug-likeness (QED) is 0.559. The molecule has 6 heteroatoms. The molecule has 2 N–H and O–H groups in total. The molecule has 0 amide bonds. The summed E-state index contributed by atoms with van der Waals surface area (Å²) in [6, 6.07) is 8.62. The van der Waals surface area contributed by atoms with Gasteiger partial charge in [0.2, 0.25) is 0 Å². The van der Waals surface area contributed by atoms with E-state index < -0.39 is 10.1 Å². The van der Waals surface area contributed by atoms with Gasteiger partial charge in [-0.25, -0.2) is 8.42 Å². The molecule has 0 radical (unpaired) electrons. The molecule has 0 fully saturated rings. The Morgan fingerprint density at radius 3 is 1.96 bits per heavy atom. The molecule has 0 aliphatic rings. The van der Waals surface area contributed by atoms with Crippen LogP contribution in [0.15, 0.2) is 24.3 Å². The number of rotatable bonds is 11. The lowest BCUT2D eigenvalue weighted by molar-refractivity contribution is -0.858. The molecule has 0 heterocycles. The van der Waals surface area contributed by atoms with E-state index in [0.717, 1.165) is 18.5 Å². The largest absolute Gasteiger partial charge is 0.748 e. The molecule has 1 aromatic carbocycles. The van der Waals surface area contributed by atoms with E-state index in [9.17, 15) is 18.1 Å². The fourth-order valence-electron chi connectivity index (χ4n) is 3.04. The maximum absolute atomic E-state index is 10.3. The minimum atomic E-state index is -3.92. The lowest BCUT2D eigenvalue weighted by Crippen LogP contribution is -3.05. The van der Waals surface area contributed by atoms with E-state index in [0.29, 0.717) is 12.3 Å². The van der Waals surface area contributed by atoms with Crippen LogP contribution in [-0.4, -0.2) is 44.5 Å². The van der Waals surface area contributed by atoms with Gasteiger partial charge in [-0.05, 0) is 36.3 Å². The molecule has 0 saturated heterocycles. The summed E-state index contributed by atoms with van der Waals surface area (Å²) in [5.74, 6) is 0.407. The zero-order valence-corrected chi connectivity index (χ0v) is 18.5. The van der Waals surface area contributed by atoms with E-state index in [2.05, 4.69) is 52.2 Å². The number of quaternary nitrogens is 1. The first-order chi connectivity index (χ1) is 12.6. The summed E-state index contributed by atoms with van der Waals surface area (Å²) in [7, 11) is 0.329. The van der Waals surface area contributed by atoms with Crippen molar-refractivity contribution >= 4 is 10.1 Å². The smallest absolute Gasteiger partial charge is 0.0945 e. The average molecular weight is 402 g/mol. The second-order valence-electron chi connectivity index (χ2n) is 7.47. The second kappa shape index (κ2) is 14.1. The van der Waals surface area contributed by atoms with Crippen molar-refractivity contribution in [2.24, 2.45) is 0 Å². The minimum Gasteiger partial charge on any atom is -0.748 e. The summed E-state index contributed by atoms with van der Waals surface area (Å²) in [6.07, 6.45) is 5.85. The summed E-state index contributed by atoms with van der Waals surface area (Å²) >= 11 is 0. The van der Waals surface area contributed by atoms with Gasteiger partial charge in [-0.2, -0.15) is 0 Å². The van der Waals surface area contributed by atoms with Crippen LogP contribution >= 0.6 is 0 Å². The third kappa shape index (κ3) is 13.0. The van der Waals surface area contributed by atoms with Crippen molar-refractivity contribution in [3.8, 4) is 0 Å². The summed E-state index contributed by atoms with van der Waals surface area (Å²) in [5.41, 5.74) is 2.49. The van der Waals surface area contributed by atoms with Crippen molar-refractivity contribution in [3.05, 3.63) is 35.4 Å². The van der Waals surface area contributed by atoms with Gasteiger partial charge in [0.15, 0.2) is 0 Å². The van der Waals surface area contributed by atoms with Gasteiger partial charge < -0.3 is 14.6 Å². The maximum atomic E-state index is 10.3. The van der Waals surface area contributed by atoms with Gasteiger partial charge in [0.25, 0.3) is 0 Å². The molecule has 0 aromatic heterocycles. The Balaban J connectivity index is 0.000000821. The Kier molecular flexibility index (Phi) is 13.6. The zero-order valence-electron chi connectivity index (χ0n) is 17.7. The summed E-state index contributed by atoms with van der Waals surface area (Å²) in [6.45, 7) is 7.15. The molecule has 0 spiro atoms. The number of benzene rings is 1. The molecule has 5 nitrogen and oxygen atoms in total. The fraction of sp³-hybridized carbons (Fsp3) is 0.714. The SMILES string of the molecule is CCCC(CCC)c1cccc(C(O)CC[NH+](C)C)c1.CCCS(=O)(=O)[O-]. The zero-order chi connectivity index (χ0) is 20.9. The summed E-state index contributed by atoms with van der Waals surface area (Å²) in [5, 5.41) is 10.3. The van der Waals surface area contributed by atoms with Gasteiger partial charge in [0.05, 0.1) is 36.9 Å². The molecule has 0 aliphatic heterocycles. The van der Waals surface area contributed by atoms with Crippen LogP contribution in [0.1, 0.15) is 82.4 Å². The predicted octanol–water partition coefficient (Wildman–Crippen LogP) is 2.88. The van der Waals surface area contributed by atoms with Gasteiger partial charge in [-0.3, -0.25) is 0 Å². The first kappa shape index (κ1) is 26.1. The maximum Gasteiger partial charge on any atom is 0.0945 e. The van der Waals surface area contributed by atoms with Gasteiger partial charge in [-0.1, -0.05) is 57.9 Å². The Labute approximate surface area is 166 Å². The normalized spacial score (nSPS) is 12.8. The average Bonchev–Trinajstić information content (AvgIpc) is 2.59. The van der Waals surface area contributed by atoms with E-state index in [-0.39, 0.29) is 11.9 Å². The topological polar surface area (TPSA) is 81.9 Å². The Bertz CT molecular complexity index is 596. The predicted molar refractivity (Wildman–Crippen MR) is 111 cm³/mol. The van der Waals surface area contributed by atoms with Crippen molar-refractivity contribution in [1.29, 1.82) is 0 Å². The highest BCUT2D eigenvalue weighted by Crippen LogP contribution is 2.28. The van der Waals surface area contributed by atoms with E-state index in [1.54, 1.807) is 6.92 Å². The molecule has 0 bridgehead atoms. The first-order valence-corrected chi connectivity index (χ1v) is 11.7. The summed E-state index contributed by atoms with van der Waals surface area (Å²) < 4.78 is 29.0. The minimum absolute atomic E-state index is 0.243. The number of aliphatic hydroxyl groups is 1. The van der Waals surface area contributed by atoms with Crippen LogP contribution in [0.5, 0.6) is 0 Å². The first-order valence-electron chi connectivity index (χ1n) is 10.1. The van der Waals surface area contributed by atoms with Crippen LogP contribution in [-0.2, 0) is 10.1 Å². The van der Waals surface area contributed by atoms with Crippen LogP contribution in [0.4, 0.5) is 0 Å². The molecule has 1 unspecified atom stereocenters. The molecule has 0 saturated carbocycles. The molecular weight excluding hydrogens is 362 g/mol. The van der Waals surface area contributed by atoms with Crippen molar-refractivity contribution in [3.63, 3.8) is 0 Å². The molecule has 1 rings (SSSR count). The summed E-state index contributed by atoms with van der Waals surface area (Å²) in [4.78, 5) is 1.38. The van der Waals surface area contributed by atoms with E-state index in [4.69, 9.17) is 0 Å². The molecule has 27 heavy (non-hydrogen) atoms. The molecule has 158 valence electrons. The van der Waals surface area contributed by atoms with Gasteiger partial charge >= 0.3 is 0 Å². The van der Waals surface area contributed by atoms with Crippen LogP contribution in [0, 0.1) is 0 Å². The van der Waals surface area contributed by atoms with Crippen molar-refractivity contribution < 1.29 is 23.0 Å². The van der Waals surface area contributed by atoms with E-state index in [1.807, 2.05) is 0 Å². The third-order valence-corrected chi connectivity index (χ3v) is 5.32. The fourth-order valence-corrected chi connectivity index (χ4v) is 3.54. The van der Waals surface area contributed by atoms with Gasteiger partial charge in [0.1, 0.15) is 0 Å². The highest BCUT2D eigenvalue weighted by atomic mass is 32.2. The van der Waals surface area contributed by atoms with Crippen molar-refractivity contribution in [2.75, 3.05) is 26.4 Å².